The number of aromatic amines is 1. The Labute approximate surface area is 175 Å². The summed E-state index contributed by atoms with van der Waals surface area (Å²) in [6.45, 7) is 3.63. The highest BCUT2D eigenvalue weighted by Crippen LogP contribution is 2.17. The van der Waals surface area contributed by atoms with Gasteiger partial charge in [-0.25, -0.2) is 9.78 Å². The third-order valence-electron chi connectivity index (χ3n) is 4.69. The van der Waals surface area contributed by atoms with E-state index < -0.39 is 35.9 Å². The number of hydrogen-bond donors (Lipinski definition) is 4. The molecule has 162 valence electrons. The molecule has 1 heterocycles. The molecule has 0 bridgehead atoms. The minimum Gasteiger partial charge on any atom is -0.480 e. The molecule has 0 aliphatic carbocycles. The lowest BCUT2D eigenvalue weighted by molar-refractivity contribution is -0.160. The Bertz CT molecular complexity index is 838. The van der Waals surface area contributed by atoms with Crippen LogP contribution in [-0.2, 0) is 27.2 Å². The summed E-state index contributed by atoms with van der Waals surface area (Å²) in [5.41, 5.74) is 13.6. The zero-order valence-electron chi connectivity index (χ0n) is 17.2. The second-order valence-electron chi connectivity index (χ2n) is 7.71. The number of carbonyl (C=O) groups excluding carboxylic acids is 2. The number of aromatic nitrogens is 2. The Morgan fingerprint density at radius 3 is 2.17 bits per heavy atom. The molecule has 30 heavy (non-hydrogen) atoms. The second kappa shape index (κ2) is 10.7. The maximum Gasteiger partial charge on any atom is 0.326 e. The molecule has 1 aromatic heterocycles. The van der Waals surface area contributed by atoms with Crippen molar-refractivity contribution >= 4 is 17.8 Å². The number of carboxylic acid groups (broad SMARTS) is 1. The fourth-order valence-electron chi connectivity index (χ4n) is 3.21. The molecule has 2 rings (SSSR count). The van der Waals surface area contributed by atoms with Crippen molar-refractivity contribution in [1.82, 2.24) is 14.9 Å². The first-order valence-electron chi connectivity index (χ1n) is 9.82. The average molecular weight is 415 g/mol. The summed E-state index contributed by atoms with van der Waals surface area (Å²) in [7, 11) is 0. The van der Waals surface area contributed by atoms with Crippen LogP contribution in [0.15, 0.2) is 42.9 Å². The van der Waals surface area contributed by atoms with Gasteiger partial charge in [-0.2, -0.15) is 0 Å². The van der Waals surface area contributed by atoms with Crippen molar-refractivity contribution in [3.63, 3.8) is 0 Å². The molecule has 9 heteroatoms. The number of rotatable bonds is 10. The number of imidazole rings is 1. The molecule has 9 nitrogen and oxygen atoms in total. The van der Waals surface area contributed by atoms with Crippen LogP contribution in [0, 0.1) is 5.92 Å². The molecule has 0 saturated heterocycles. The molecule has 3 unspecified atom stereocenters. The Morgan fingerprint density at radius 2 is 1.67 bits per heavy atom. The summed E-state index contributed by atoms with van der Waals surface area (Å²) in [5.74, 6) is -2.86. The fourth-order valence-corrected chi connectivity index (χ4v) is 3.21. The van der Waals surface area contributed by atoms with E-state index in [4.69, 9.17) is 11.5 Å². The minimum atomic E-state index is -1.35. The highest BCUT2D eigenvalue weighted by molar-refractivity contribution is 6.03. The van der Waals surface area contributed by atoms with E-state index in [-0.39, 0.29) is 25.2 Å². The predicted molar refractivity (Wildman–Crippen MR) is 111 cm³/mol. The Balaban J connectivity index is 2.29. The van der Waals surface area contributed by atoms with Crippen LogP contribution in [0.1, 0.15) is 31.5 Å². The molecule has 0 spiro atoms. The largest absolute Gasteiger partial charge is 0.480 e. The topological polar surface area (TPSA) is 155 Å². The van der Waals surface area contributed by atoms with Gasteiger partial charge >= 0.3 is 5.97 Å². The average Bonchev–Trinajstić information content (AvgIpc) is 3.20. The van der Waals surface area contributed by atoms with Crippen LogP contribution in [0.3, 0.4) is 0 Å². The van der Waals surface area contributed by atoms with Gasteiger partial charge in [0.25, 0.3) is 0 Å². The van der Waals surface area contributed by atoms with Gasteiger partial charge in [-0.3, -0.25) is 14.5 Å². The van der Waals surface area contributed by atoms with Gasteiger partial charge in [0.2, 0.25) is 11.8 Å². The summed E-state index contributed by atoms with van der Waals surface area (Å²) in [6.07, 6.45) is 3.33. The standard InChI is InChI=1S/C21H29N5O4/c1-13(2)8-18(21(29)30)26(20(28)17(23)10-15-11-24-12-25-15)19(27)16(22)9-14-6-4-3-5-7-14/h3-7,11-13,16-18H,8-10,22-23H2,1-2H3,(H,24,25)(H,29,30). The quantitative estimate of drug-likeness (QED) is 0.445. The van der Waals surface area contributed by atoms with E-state index in [0.29, 0.717) is 5.69 Å². The number of benzene rings is 1. The molecule has 0 fully saturated rings. The number of carbonyl (C=O) groups is 3. The van der Waals surface area contributed by atoms with Crippen LogP contribution in [0.4, 0.5) is 0 Å². The zero-order chi connectivity index (χ0) is 22.3. The molecule has 2 amide bonds. The van der Waals surface area contributed by atoms with Gasteiger partial charge in [0.15, 0.2) is 0 Å². The first kappa shape index (κ1) is 23.2. The maximum absolute atomic E-state index is 13.2. The Kier molecular flexibility index (Phi) is 8.25. The van der Waals surface area contributed by atoms with E-state index >= 15 is 0 Å². The summed E-state index contributed by atoms with van der Waals surface area (Å²) in [4.78, 5) is 45.7. The zero-order valence-corrected chi connectivity index (χ0v) is 17.2. The molecule has 6 N–H and O–H groups in total. The van der Waals surface area contributed by atoms with Crippen LogP contribution in [0.5, 0.6) is 0 Å². The van der Waals surface area contributed by atoms with E-state index in [1.165, 1.54) is 12.5 Å². The number of imide groups is 1. The molecule has 0 aliphatic heterocycles. The van der Waals surface area contributed by atoms with Crippen LogP contribution in [-0.4, -0.2) is 55.9 Å². The number of carboxylic acids is 1. The second-order valence-corrected chi connectivity index (χ2v) is 7.71. The van der Waals surface area contributed by atoms with E-state index in [1.807, 2.05) is 44.2 Å². The third-order valence-corrected chi connectivity index (χ3v) is 4.69. The van der Waals surface area contributed by atoms with Crippen molar-refractivity contribution in [2.24, 2.45) is 17.4 Å². The van der Waals surface area contributed by atoms with Gasteiger partial charge in [-0.15, -0.1) is 0 Å². The summed E-state index contributed by atoms with van der Waals surface area (Å²) in [5, 5.41) is 9.76. The van der Waals surface area contributed by atoms with E-state index in [0.717, 1.165) is 10.5 Å². The predicted octanol–water partition coefficient (Wildman–Crippen LogP) is 0.704. The van der Waals surface area contributed by atoms with E-state index in [9.17, 15) is 19.5 Å². The van der Waals surface area contributed by atoms with Crippen molar-refractivity contribution in [3.05, 3.63) is 54.1 Å². The number of aliphatic carboxylic acids is 1. The summed E-state index contributed by atoms with van der Waals surface area (Å²) in [6, 6.07) is 5.54. The van der Waals surface area contributed by atoms with Crippen molar-refractivity contribution in [1.29, 1.82) is 0 Å². The van der Waals surface area contributed by atoms with Gasteiger partial charge in [0.1, 0.15) is 6.04 Å². The van der Waals surface area contributed by atoms with Gasteiger partial charge in [-0.1, -0.05) is 44.2 Å². The van der Waals surface area contributed by atoms with Gasteiger partial charge in [-0.05, 0) is 24.3 Å². The smallest absolute Gasteiger partial charge is 0.326 e. The van der Waals surface area contributed by atoms with Crippen molar-refractivity contribution in [3.8, 4) is 0 Å². The molecule has 0 radical (unpaired) electrons. The number of nitrogens with one attached hydrogen (secondary N) is 1. The van der Waals surface area contributed by atoms with Crippen LogP contribution in [0.2, 0.25) is 0 Å². The number of hydrogen-bond acceptors (Lipinski definition) is 6. The highest BCUT2D eigenvalue weighted by Gasteiger charge is 2.39. The first-order chi connectivity index (χ1) is 14.2. The molecule has 2 aromatic rings. The third kappa shape index (κ3) is 6.23. The lowest BCUT2D eigenvalue weighted by atomic mass is 9.98. The number of amides is 2. The molecule has 3 atom stereocenters. The highest BCUT2D eigenvalue weighted by atomic mass is 16.4. The van der Waals surface area contributed by atoms with E-state index in [2.05, 4.69) is 9.97 Å². The van der Waals surface area contributed by atoms with E-state index in [1.54, 1.807) is 0 Å². The molecule has 0 saturated carbocycles. The minimum absolute atomic E-state index is 0.0663. The number of nitrogens with zero attached hydrogens (tertiary/aromatic N) is 2. The molecular formula is C21H29N5O4. The number of H-pyrrole nitrogens is 1. The monoisotopic (exact) mass is 415 g/mol. The van der Waals surface area contributed by atoms with Crippen LogP contribution >= 0.6 is 0 Å². The molecular weight excluding hydrogens is 386 g/mol. The fraction of sp³-hybridized carbons (Fsp3) is 0.429. The van der Waals surface area contributed by atoms with Crippen LogP contribution < -0.4 is 11.5 Å². The lowest BCUT2D eigenvalue weighted by Gasteiger charge is -2.32. The van der Waals surface area contributed by atoms with Crippen LogP contribution in [0.25, 0.3) is 0 Å². The Morgan fingerprint density at radius 1 is 1.07 bits per heavy atom. The van der Waals surface area contributed by atoms with Gasteiger partial charge in [0.05, 0.1) is 18.4 Å². The summed E-state index contributed by atoms with van der Waals surface area (Å²) >= 11 is 0. The normalized spacial score (nSPS) is 14.2. The maximum atomic E-state index is 13.2. The first-order valence-corrected chi connectivity index (χ1v) is 9.82. The molecule has 1 aromatic carbocycles. The lowest BCUT2D eigenvalue weighted by Crippen LogP contribution is -2.59. The number of nitrogens with two attached hydrogens (primary N) is 2. The summed E-state index contributed by atoms with van der Waals surface area (Å²) < 4.78 is 0. The van der Waals surface area contributed by atoms with Gasteiger partial charge in [0, 0.05) is 18.3 Å². The van der Waals surface area contributed by atoms with Crippen molar-refractivity contribution in [2.45, 2.75) is 51.2 Å². The van der Waals surface area contributed by atoms with Crippen molar-refractivity contribution < 1.29 is 19.5 Å². The van der Waals surface area contributed by atoms with Crippen molar-refractivity contribution in [2.75, 3.05) is 0 Å². The molecule has 0 aliphatic rings. The van der Waals surface area contributed by atoms with Gasteiger partial charge < -0.3 is 21.6 Å². The Hall–Kier alpha value is -3.04. The SMILES string of the molecule is CC(C)CC(C(=O)O)N(C(=O)C(N)Cc1ccccc1)C(=O)C(N)Cc1cnc[nH]1.